The number of amides is 1. The van der Waals surface area contributed by atoms with E-state index in [9.17, 15) is 9.59 Å². The molecule has 0 saturated carbocycles. The van der Waals surface area contributed by atoms with Crippen molar-refractivity contribution in [1.82, 2.24) is 5.32 Å². The number of ether oxygens (including phenoxy) is 3. The Morgan fingerprint density at radius 1 is 1.00 bits per heavy atom. The van der Waals surface area contributed by atoms with E-state index >= 15 is 0 Å². The molecule has 0 bridgehead atoms. The molecule has 1 N–H and O–H groups in total. The van der Waals surface area contributed by atoms with Crippen molar-refractivity contribution in [3.05, 3.63) is 59.7 Å². The summed E-state index contributed by atoms with van der Waals surface area (Å²) in [6.45, 7) is 5.97. The van der Waals surface area contributed by atoms with E-state index in [0.29, 0.717) is 11.3 Å². The van der Waals surface area contributed by atoms with E-state index in [-0.39, 0.29) is 31.8 Å². The van der Waals surface area contributed by atoms with Crippen LogP contribution < -0.4 is 14.8 Å². The molecule has 0 unspecified atom stereocenters. The van der Waals surface area contributed by atoms with Crippen molar-refractivity contribution in [2.45, 2.75) is 26.9 Å². The number of para-hydroxylation sites is 1. The largest absolute Gasteiger partial charge is 0.491 e. The molecule has 6 nitrogen and oxygen atoms in total. The van der Waals surface area contributed by atoms with Crippen LogP contribution in [0.25, 0.3) is 0 Å². The first-order valence-electron chi connectivity index (χ1n) is 8.84. The smallest absolute Gasteiger partial charge is 0.325 e. The molecule has 0 saturated heterocycles. The maximum absolute atomic E-state index is 12.1. The Morgan fingerprint density at radius 2 is 1.70 bits per heavy atom. The molecule has 2 aromatic carbocycles. The van der Waals surface area contributed by atoms with Gasteiger partial charge in [-0.3, -0.25) is 9.59 Å². The summed E-state index contributed by atoms with van der Waals surface area (Å²) in [5, 5.41) is 2.53. The number of esters is 1. The van der Waals surface area contributed by atoms with Crippen molar-refractivity contribution in [3.8, 4) is 11.5 Å². The third-order valence-electron chi connectivity index (χ3n) is 3.58. The van der Waals surface area contributed by atoms with Crippen molar-refractivity contribution in [1.29, 1.82) is 0 Å². The quantitative estimate of drug-likeness (QED) is 0.541. The van der Waals surface area contributed by atoms with Gasteiger partial charge in [0.1, 0.15) is 31.3 Å². The van der Waals surface area contributed by atoms with Crippen LogP contribution in [0.15, 0.2) is 48.5 Å². The second-order valence-corrected chi connectivity index (χ2v) is 6.21. The van der Waals surface area contributed by atoms with Gasteiger partial charge < -0.3 is 19.5 Å². The van der Waals surface area contributed by atoms with E-state index in [2.05, 4.69) is 5.32 Å². The Balaban J connectivity index is 1.67. The highest BCUT2D eigenvalue weighted by Gasteiger charge is 2.09. The fraction of sp³-hybridized carbons (Fsp3) is 0.333. The van der Waals surface area contributed by atoms with Crippen LogP contribution in [0.5, 0.6) is 11.5 Å². The van der Waals surface area contributed by atoms with Gasteiger partial charge in [0, 0.05) is 5.56 Å². The van der Waals surface area contributed by atoms with Crippen molar-refractivity contribution in [2.75, 3.05) is 19.8 Å². The Labute approximate surface area is 159 Å². The van der Waals surface area contributed by atoms with Gasteiger partial charge in [-0.05, 0) is 56.7 Å². The van der Waals surface area contributed by atoms with Crippen LogP contribution in [0.1, 0.15) is 29.8 Å². The van der Waals surface area contributed by atoms with E-state index in [1.165, 1.54) is 0 Å². The van der Waals surface area contributed by atoms with Gasteiger partial charge in [0.05, 0.1) is 6.10 Å². The SMILES string of the molecule is Cc1ccccc1OCCOC(=O)CNC(=O)c1ccc(OC(C)C)cc1. The minimum atomic E-state index is -0.517. The van der Waals surface area contributed by atoms with Crippen LogP contribution in [-0.4, -0.2) is 37.7 Å². The summed E-state index contributed by atoms with van der Waals surface area (Å²) in [6, 6.07) is 14.3. The number of aryl methyl sites for hydroxylation is 1. The Morgan fingerprint density at radius 3 is 2.37 bits per heavy atom. The molecule has 0 spiro atoms. The van der Waals surface area contributed by atoms with Crippen molar-refractivity contribution in [2.24, 2.45) is 0 Å². The van der Waals surface area contributed by atoms with Crippen LogP contribution in [0.3, 0.4) is 0 Å². The molecule has 0 aliphatic rings. The molecule has 6 heteroatoms. The van der Waals surface area contributed by atoms with Gasteiger partial charge in [0.15, 0.2) is 0 Å². The van der Waals surface area contributed by atoms with E-state index in [0.717, 1.165) is 11.3 Å². The van der Waals surface area contributed by atoms with Crippen LogP contribution in [0.4, 0.5) is 0 Å². The second-order valence-electron chi connectivity index (χ2n) is 6.21. The molecule has 0 aliphatic carbocycles. The minimum absolute atomic E-state index is 0.0641. The lowest BCUT2D eigenvalue weighted by Crippen LogP contribution is -2.31. The highest BCUT2D eigenvalue weighted by atomic mass is 16.6. The Kier molecular flexibility index (Phi) is 7.67. The van der Waals surface area contributed by atoms with Gasteiger partial charge in [-0.15, -0.1) is 0 Å². The highest BCUT2D eigenvalue weighted by Crippen LogP contribution is 2.16. The standard InChI is InChI=1S/C21H25NO5/c1-15(2)27-18-10-8-17(9-11-18)21(24)22-14-20(23)26-13-12-25-19-7-5-4-6-16(19)3/h4-11,15H,12-14H2,1-3H3,(H,22,24). The number of benzene rings is 2. The van der Waals surface area contributed by atoms with Crippen LogP contribution >= 0.6 is 0 Å². The summed E-state index contributed by atoms with van der Waals surface area (Å²) < 4.78 is 16.1. The lowest BCUT2D eigenvalue weighted by molar-refractivity contribution is -0.143. The third-order valence-corrected chi connectivity index (χ3v) is 3.58. The molecule has 0 fully saturated rings. The fourth-order valence-electron chi connectivity index (χ4n) is 2.29. The van der Waals surface area contributed by atoms with Crippen LogP contribution in [0.2, 0.25) is 0 Å². The molecule has 0 heterocycles. The first-order chi connectivity index (χ1) is 13.0. The summed E-state index contributed by atoms with van der Waals surface area (Å²) in [5.41, 5.74) is 1.46. The summed E-state index contributed by atoms with van der Waals surface area (Å²) in [5.74, 6) is 0.581. The van der Waals surface area contributed by atoms with E-state index < -0.39 is 5.97 Å². The fourth-order valence-corrected chi connectivity index (χ4v) is 2.29. The first kappa shape index (κ1) is 20.3. The minimum Gasteiger partial charge on any atom is -0.491 e. The number of nitrogens with one attached hydrogen (secondary N) is 1. The van der Waals surface area contributed by atoms with E-state index in [1.807, 2.05) is 45.0 Å². The summed E-state index contributed by atoms with van der Waals surface area (Å²) in [7, 11) is 0. The zero-order valence-corrected chi connectivity index (χ0v) is 15.9. The van der Waals surface area contributed by atoms with E-state index in [1.54, 1.807) is 24.3 Å². The van der Waals surface area contributed by atoms with Crippen molar-refractivity contribution in [3.63, 3.8) is 0 Å². The molecule has 0 aliphatic heterocycles. The normalized spacial score (nSPS) is 10.4. The number of hydrogen-bond acceptors (Lipinski definition) is 5. The number of carbonyl (C=O) groups is 2. The topological polar surface area (TPSA) is 73.9 Å². The second kappa shape index (κ2) is 10.2. The molecule has 2 aromatic rings. The summed E-state index contributed by atoms with van der Waals surface area (Å²) in [4.78, 5) is 23.8. The van der Waals surface area contributed by atoms with Crippen LogP contribution in [-0.2, 0) is 9.53 Å². The Bertz CT molecular complexity index is 755. The number of hydrogen-bond donors (Lipinski definition) is 1. The Hall–Kier alpha value is -3.02. The molecule has 2 rings (SSSR count). The first-order valence-corrected chi connectivity index (χ1v) is 8.84. The number of carbonyl (C=O) groups excluding carboxylic acids is 2. The average Bonchev–Trinajstić information content (AvgIpc) is 2.64. The molecule has 0 aromatic heterocycles. The predicted octanol–water partition coefficient (Wildman–Crippen LogP) is 3.13. The van der Waals surface area contributed by atoms with Gasteiger partial charge in [-0.25, -0.2) is 0 Å². The molecule has 144 valence electrons. The molecular formula is C21H25NO5. The average molecular weight is 371 g/mol. The molecular weight excluding hydrogens is 346 g/mol. The van der Waals surface area contributed by atoms with Crippen LogP contribution in [0, 0.1) is 6.92 Å². The van der Waals surface area contributed by atoms with E-state index in [4.69, 9.17) is 14.2 Å². The summed E-state index contributed by atoms with van der Waals surface area (Å²) in [6.07, 6.45) is 0.0641. The summed E-state index contributed by atoms with van der Waals surface area (Å²) >= 11 is 0. The third kappa shape index (κ3) is 7.01. The van der Waals surface area contributed by atoms with Gasteiger partial charge in [0.25, 0.3) is 5.91 Å². The number of rotatable bonds is 9. The maximum Gasteiger partial charge on any atom is 0.325 e. The zero-order valence-electron chi connectivity index (χ0n) is 15.9. The lowest BCUT2D eigenvalue weighted by Gasteiger charge is -2.11. The monoisotopic (exact) mass is 371 g/mol. The highest BCUT2D eigenvalue weighted by molar-refractivity contribution is 5.96. The van der Waals surface area contributed by atoms with Crippen molar-refractivity contribution >= 4 is 11.9 Å². The molecule has 0 radical (unpaired) electrons. The molecule has 27 heavy (non-hydrogen) atoms. The lowest BCUT2D eigenvalue weighted by atomic mass is 10.2. The van der Waals surface area contributed by atoms with Gasteiger partial charge >= 0.3 is 5.97 Å². The van der Waals surface area contributed by atoms with Gasteiger partial charge in [-0.2, -0.15) is 0 Å². The zero-order chi connectivity index (χ0) is 19.6. The van der Waals surface area contributed by atoms with Gasteiger partial charge in [-0.1, -0.05) is 18.2 Å². The molecule has 0 atom stereocenters. The molecule has 1 amide bonds. The predicted molar refractivity (Wildman–Crippen MR) is 102 cm³/mol. The van der Waals surface area contributed by atoms with Gasteiger partial charge in [0.2, 0.25) is 0 Å². The van der Waals surface area contributed by atoms with Crippen molar-refractivity contribution < 1.29 is 23.8 Å². The maximum atomic E-state index is 12.1.